The number of aryl methyl sites for hydroxylation is 2. The molecule has 1 aromatic heterocycles. The topological polar surface area (TPSA) is 119 Å². The smallest absolute Gasteiger partial charge is 0.358 e. The standard InChI is InChI=1S/C14H14BrN5O4/c1-8-3-4-11(9(2)5-8)16-14(22)17-12(21)7-19-6-10(15)13(18-19)20(23)24/h3-6H,7H2,1-2H3,(H2,16,17,21,22). The number of nitrogens with one attached hydrogen (secondary N) is 2. The van der Waals surface area contributed by atoms with Gasteiger partial charge in [-0.3, -0.25) is 10.1 Å². The molecule has 0 saturated carbocycles. The fraction of sp³-hybridized carbons (Fsp3) is 0.214. The zero-order valence-electron chi connectivity index (χ0n) is 12.9. The minimum Gasteiger partial charge on any atom is -0.358 e. The lowest BCUT2D eigenvalue weighted by molar-refractivity contribution is -0.390. The van der Waals surface area contributed by atoms with E-state index in [0.717, 1.165) is 15.8 Å². The predicted molar refractivity (Wildman–Crippen MR) is 89.7 cm³/mol. The Bertz CT molecular complexity index is 817. The summed E-state index contributed by atoms with van der Waals surface area (Å²) in [5.41, 5.74) is 2.51. The average molecular weight is 396 g/mol. The van der Waals surface area contributed by atoms with Crippen LogP contribution in [0.25, 0.3) is 0 Å². The van der Waals surface area contributed by atoms with Crippen LogP contribution in [0.5, 0.6) is 0 Å². The molecule has 0 aliphatic rings. The summed E-state index contributed by atoms with van der Waals surface area (Å²) < 4.78 is 1.22. The number of carbonyl (C=O) groups excluding carboxylic acids is 2. The first-order chi connectivity index (χ1) is 11.3. The molecule has 24 heavy (non-hydrogen) atoms. The molecule has 1 heterocycles. The summed E-state index contributed by atoms with van der Waals surface area (Å²) in [6.45, 7) is 3.44. The van der Waals surface area contributed by atoms with Gasteiger partial charge in [-0.2, -0.15) is 4.68 Å². The normalized spacial score (nSPS) is 10.3. The molecule has 0 saturated heterocycles. The van der Waals surface area contributed by atoms with E-state index < -0.39 is 22.7 Å². The van der Waals surface area contributed by atoms with Gasteiger partial charge in [0.2, 0.25) is 0 Å². The SMILES string of the molecule is Cc1ccc(NC(=O)NC(=O)Cn2cc(Br)c([N+](=O)[O-])n2)c(C)c1. The number of carbonyl (C=O) groups is 2. The van der Waals surface area contributed by atoms with Crippen LogP contribution >= 0.6 is 15.9 Å². The van der Waals surface area contributed by atoms with Crippen LogP contribution in [-0.4, -0.2) is 26.6 Å². The van der Waals surface area contributed by atoms with Crippen LogP contribution in [0.3, 0.4) is 0 Å². The molecule has 0 unspecified atom stereocenters. The fourth-order valence-electron chi connectivity index (χ4n) is 2.01. The third-order valence-corrected chi connectivity index (χ3v) is 3.62. The van der Waals surface area contributed by atoms with E-state index in [1.165, 1.54) is 6.20 Å². The van der Waals surface area contributed by atoms with E-state index in [2.05, 4.69) is 31.7 Å². The Morgan fingerprint density at radius 3 is 2.67 bits per heavy atom. The summed E-state index contributed by atoms with van der Waals surface area (Å²) in [7, 11) is 0. The Morgan fingerprint density at radius 1 is 1.38 bits per heavy atom. The number of nitro groups is 1. The summed E-state index contributed by atoms with van der Waals surface area (Å²) in [5, 5.41) is 19.0. The van der Waals surface area contributed by atoms with Gasteiger partial charge < -0.3 is 15.4 Å². The maximum Gasteiger partial charge on any atom is 0.404 e. The molecule has 9 nitrogen and oxygen atoms in total. The van der Waals surface area contributed by atoms with Crippen molar-refractivity contribution in [1.29, 1.82) is 0 Å². The number of urea groups is 1. The van der Waals surface area contributed by atoms with Crippen molar-refractivity contribution in [1.82, 2.24) is 15.1 Å². The molecule has 1 aromatic carbocycles. The van der Waals surface area contributed by atoms with Crippen LogP contribution in [0, 0.1) is 24.0 Å². The van der Waals surface area contributed by atoms with Crippen LogP contribution in [0.1, 0.15) is 11.1 Å². The second-order valence-corrected chi connectivity index (χ2v) is 5.93. The van der Waals surface area contributed by atoms with Gasteiger partial charge in [0.05, 0.1) is 11.3 Å². The summed E-state index contributed by atoms with van der Waals surface area (Å²) in [5.74, 6) is -1.05. The van der Waals surface area contributed by atoms with Crippen LogP contribution in [0.2, 0.25) is 0 Å². The Kier molecular flexibility index (Phi) is 5.29. The highest BCUT2D eigenvalue weighted by Gasteiger charge is 2.20. The predicted octanol–water partition coefficient (Wildman–Crippen LogP) is 2.52. The highest BCUT2D eigenvalue weighted by Crippen LogP contribution is 2.21. The van der Waals surface area contributed by atoms with E-state index in [4.69, 9.17) is 0 Å². The lowest BCUT2D eigenvalue weighted by atomic mass is 10.1. The zero-order chi connectivity index (χ0) is 17.9. The van der Waals surface area contributed by atoms with E-state index in [1.807, 2.05) is 26.0 Å². The van der Waals surface area contributed by atoms with E-state index in [-0.39, 0.29) is 11.0 Å². The molecule has 10 heteroatoms. The monoisotopic (exact) mass is 395 g/mol. The van der Waals surface area contributed by atoms with Crippen molar-refractivity contribution in [2.75, 3.05) is 5.32 Å². The lowest BCUT2D eigenvalue weighted by Gasteiger charge is -2.09. The number of aromatic nitrogens is 2. The molecule has 2 rings (SSSR count). The van der Waals surface area contributed by atoms with Crippen LogP contribution in [0.15, 0.2) is 28.9 Å². The first-order valence-electron chi connectivity index (χ1n) is 6.81. The molecule has 0 fully saturated rings. The zero-order valence-corrected chi connectivity index (χ0v) is 14.5. The third kappa shape index (κ3) is 4.38. The number of amides is 3. The van der Waals surface area contributed by atoms with Gasteiger partial charge >= 0.3 is 11.8 Å². The second kappa shape index (κ2) is 7.21. The molecule has 0 bridgehead atoms. The minimum atomic E-state index is -0.687. The number of nitrogens with zero attached hydrogens (tertiary/aromatic N) is 3. The summed E-state index contributed by atoms with van der Waals surface area (Å²) in [4.78, 5) is 33.7. The first-order valence-corrected chi connectivity index (χ1v) is 7.61. The summed E-state index contributed by atoms with van der Waals surface area (Å²) in [6.07, 6.45) is 1.29. The highest BCUT2D eigenvalue weighted by atomic mass is 79.9. The Morgan fingerprint density at radius 2 is 2.08 bits per heavy atom. The Hall–Kier alpha value is -2.75. The van der Waals surface area contributed by atoms with E-state index >= 15 is 0 Å². The van der Waals surface area contributed by atoms with Crippen LogP contribution in [0.4, 0.5) is 16.3 Å². The molecule has 0 aliphatic carbocycles. The van der Waals surface area contributed by atoms with Gasteiger partial charge in [0, 0.05) is 5.69 Å². The number of anilines is 1. The first kappa shape index (κ1) is 17.6. The van der Waals surface area contributed by atoms with E-state index in [9.17, 15) is 19.7 Å². The molecule has 0 atom stereocenters. The van der Waals surface area contributed by atoms with Crippen molar-refractivity contribution in [3.8, 4) is 0 Å². The number of halogens is 1. The molecule has 0 spiro atoms. The molecule has 0 aliphatic heterocycles. The minimum absolute atomic E-state index is 0.153. The Labute approximate surface area is 145 Å². The lowest BCUT2D eigenvalue weighted by Crippen LogP contribution is -2.36. The molecular weight excluding hydrogens is 382 g/mol. The van der Waals surface area contributed by atoms with Gasteiger partial charge in [-0.25, -0.2) is 4.79 Å². The molecule has 3 amide bonds. The fourth-order valence-corrected chi connectivity index (χ4v) is 2.47. The van der Waals surface area contributed by atoms with Crippen molar-refractivity contribution in [3.63, 3.8) is 0 Å². The van der Waals surface area contributed by atoms with Crippen molar-refractivity contribution >= 4 is 39.4 Å². The summed E-state index contributed by atoms with van der Waals surface area (Å²) in [6, 6.07) is 4.79. The highest BCUT2D eigenvalue weighted by molar-refractivity contribution is 9.10. The maximum atomic E-state index is 11.8. The number of hydrogen-bond acceptors (Lipinski definition) is 5. The maximum absolute atomic E-state index is 11.8. The van der Waals surface area contributed by atoms with Gasteiger partial charge in [0.25, 0.3) is 5.91 Å². The summed E-state index contributed by atoms with van der Waals surface area (Å²) >= 11 is 2.98. The quantitative estimate of drug-likeness (QED) is 0.608. The largest absolute Gasteiger partial charge is 0.404 e. The van der Waals surface area contributed by atoms with Crippen LogP contribution in [-0.2, 0) is 11.3 Å². The van der Waals surface area contributed by atoms with Crippen molar-refractivity contribution in [2.45, 2.75) is 20.4 Å². The van der Waals surface area contributed by atoms with Crippen molar-refractivity contribution < 1.29 is 14.5 Å². The number of imide groups is 1. The van der Waals surface area contributed by atoms with Gasteiger partial charge in [0.1, 0.15) is 11.0 Å². The molecule has 2 N–H and O–H groups in total. The number of rotatable bonds is 4. The Balaban J connectivity index is 1.95. The van der Waals surface area contributed by atoms with Gasteiger partial charge in [-0.15, -0.1) is 0 Å². The van der Waals surface area contributed by atoms with E-state index in [0.29, 0.717) is 5.69 Å². The third-order valence-electron chi connectivity index (χ3n) is 3.06. The average Bonchev–Trinajstić information content (AvgIpc) is 2.82. The molecular formula is C14H14BrN5O4. The molecule has 126 valence electrons. The van der Waals surface area contributed by atoms with Gasteiger partial charge in [-0.1, -0.05) is 17.7 Å². The van der Waals surface area contributed by atoms with Crippen molar-refractivity contribution in [2.24, 2.45) is 0 Å². The van der Waals surface area contributed by atoms with Gasteiger partial charge in [0.15, 0.2) is 0 Å². The van der Waals surface area contributed by atoms with Crippen molar-refractivity contribution in [3.05, 3.63) is 50.1 Å². The van der Waals surface area contributed by atoms with E-state index in [1.54, 1.807) is 6.07 Å². The van der Waals surface area contributed by atoms with Gasteiger partial charge in [-0.05, 0) is 46.3 Å². The molecule has 2 aromatic rings. The van der Waals surface area contributed by atoms with Crippen LogP contribution < -0.4 is 10.6 Å². The second-order valence-electron chi connectivity index (χ2n) is 5.08. The molecule has 0 radical (unpaired) electrons. The number of hydrogen-bond donors (Lipinski definition) is 2. The number of benzene rings is 1.